The van der Waals surface area contributed by atoms with Crippen LogP contribution in [0.15, 0.2) is 60.8 Å². The first-order valence-electron chi connectivity index (χ1n) is 9.40. The predicted octanol–water partition coefficient (Wildman–Crippen LogP) is 5.44. The number of halogens is 2. The van der Waals surface area contributed by atoms with Gasteiger partial charge in [-0.05, 0) is 42.8 Å². The van der Waals surface area contributed by atoms with Gasteiger partial charge in [-0.25, -0.2) is 0 Å². The van der Waals surface area contributed by atoms with Gasteiger partial charge < -0.3 is 14.2 Å². The zero-order chi connectivity index (χ0) is 20.8. The van der Waals surface area contributed by atoms with E-state index in [1.807, 2.05) is 18.3 Å². The van der Waals surface area contributed by atoms with Gasteiger partial charge in [-0.15, -0.1) is 0 Å². The number of hydrogen-bond donors (Lipinski definition) is 0. The Labute approximate surface area is 181 Å². The van der Waals surface area contributed by atoms with E-state index < -0.39 is 0 Å². The minimum atomic E-state index is -0.107. The van der Waals surface area contributed by atoms with Gasteiger partial charge in [0, 0.05) is 37.7 Å². The molecule has 0 aliphatic heterocycles. The molecule has 2 aromatic carbocycles. The molecular weight excluding hydrogens is 407 g/mol. The molecule has 4 nitrogen and oxygen atoms in total. The number of carbonyl (C=O) groups excluding carboxylic acids is 1. The maximum atomic E-state index is 13.1. The van der Waals surface area contributed by atoms with Crippen LogP contribution in [0.5, 0.6) is 0 Å². The van der Waals surface area contributed by atoms with Crippen LogP contribution in [0.1, 0.15) is 27.2 Å². The molecule has 3 aromatic rings. The summed E-state index contributed by atoms with van der Waals surface area (Å²) in [7, 11) is 1.63. The van der Waals surface area contributed by atoms with Crippen LogP contribution in [0, 0.1) is 6.92 Å². The quantitative estimate of drug-likeness (QED) is 0.476. The summed E-state index contributed by atoms with van der Waals surface area (Å²) in [5.74, 6) is -0.107. The molecule has 0 radical (unpaired) electrons. The monoisotopic (exact) mass is 430 g/mol. The molecule has 3 rings (SSSR count). The van der Waals surface area contributed by atoms with E-state index >= 15 is 0 Å². The first-order valence-corrected chi connectivity index (χ1v) is 10.2. The molecule has 1 aromatic heterocycles. The molecule has 152 valence electrons. The van der Waals surface area contributed by atoms with Crippen molar-refractivity contribution >= 4 is 29.1 Å². The number of hydrogen-bond acceptors (Lipinski definition) is 2. The lowest BCUT2D eigenvalue weighted by Crippen LogP contribution is -2.34. The summed E-state index contributed by atoms with van der Waals surface area (Å²) in [5, 5.41) is 0.797. The number of ether oxygens (including phenoxy) is 1. The fourth-order valence-electron chi connectivity index (χ4n) is 3.22. The van der Waals surface area contributed by atoms with Gasteiger partial charge in [0.25, 0.3) is 5.91 Å². The van der Waals surface area contributed by atoms with Crippen molar-refractivity contribution in [3.05, 3.63) is 93.2 Å². The van der Waals surface area contributed by atoms with Crippen molar-refractivity contribution in [1.29, 1.82) is 0 Å². The maximum Gasteiger partial charge on any atom is 0.254 e. The minimum Gasteiger partial charge on any atom is -0.383 e. The molecule has 6 heteroatoms. The molecular formula is C23H24Cl2N2O2. The lowest BCUT2D eigenvalue weighted by molar-refractivity contribution is 0.0676. The zero-order valence-electron chi connectivity index (χ0n) is 16.6. The van der Waals surface area contributed by atoms with Crippen molar-refractivity contribution in [3.63, 3.8) is 0 Å². The van der Waals surface area contributed by atoms with Crippen LogP contribution in [0.25, 0.3) is 0 Å². The summed E-state index contributed by atoms with van der Waals surface area (Å²) in [6, 6.07) is 17.4. The Bertz CT molecular complexity index is 985. The van der Waals surface area contributed by atoms with Gasteiger partial charge in [0.2, 0.25) is 0 Å². The molecule has 0 spiro atoms. The SMILES string of the molecule is COCCN(Cc1cccn1Cc1cccc(C)c1)C(=O)c1ccc(Cl)c(Cl)c1. The average Bonchev–Trinajstić information content (AvgIpc) is 3.13. The third-order valence-corrected chi connectivity index (χ3v) is 5.47. The van der Waals surface area contributed by atoms with Gasteiger partial charge in [-0.1, -0.05) is 53.0 Å². The Hall–Kier alpha value is -2.27. The van der Waals surface area contributed by atoms with E-state index in [-0.39, 0.29) is 5.91 Å². The fourth-order valence-corrected chi connectivity index (χ4v) is 3.51. The molecule has 0 saturated carbocycles. The van der Waals surface area contributed by atoms with Crippen molar-refractivity contribution < 1.29 is 9.53 Å². The van der Waals surface area contributed by atoms with Crippen molar-refractivity contribution in [2.75, 3.05) is 20.3 Å². The average molecular weight is 431 g/mol. The van der Waals surface area contributed by atoms with E-state index in [9.17, 15) is 4.79 Å². The van der Waals surface area contributed by atoms with Gasteiger partial charge in [-0.3, -0.25) is 4.79 Å². The van der Waals surface area contributed by atoms with Crippen molar-refractivity contribution in [1.82, 2.24) is 9.47 Å². The second-order valence-corrected chi connectivity index (χ2v) is 7.78. The number of aromatic nitrogens is 1. The Balaban J connectivity index is 1.81. The standard InChI is InChI=1S/C23H24Cl2N2O2/c1-17-5-3-6-18(13-17)15-26-10-4-7-20(26)16-27(11-12-29-2)23(28)19-8-9-21(24)22(25)14-19/h3-10,13-14H,11-12,15-16H2,1-2H3. The van der Waals surface area contributed by atoms with E-state index in [2.05, 4.69) is 35.8 Å². The molecule has 0 saturated heterocycles. The summed E-state index contributed by atoms with van der Waals surface area (Å²) in [4.78, 5) is 14.9. The second-order valence-electron chi connectivity index (χ2n) is 6.96. The molecule has 0 aliphatic rings. The zero-order valence-corrected chi connectivity index (χ0v) is 18.1. The molecule has 0 atom stereocenters. The normalized spacial score (nSPS) is 10.9. The van der Waals surface area contributed by atoms with Crippen LogP contribution in [-0.2, 0) is 17.8 Å². The number of aryl methyl sites for hydroxylation is 1. The first-order chi connectivity index (χ1) is 14.0. The number of rotatable bonds is 8. The Morgan fingerprint density at radius 3 is 2.62 bits per heavy atom. The Morgan fingerprint density at radius 1 is 1.07 bits per heavy atom. The van der Waals surface area contributed by atoms with Crippen LogP contribution in [-0.4, -0.2) is 35.6 Å². The Kier molecular flexibility index (Phi) is 7.37. The van der Waals surface area contributed by atoms with E-state index in [0.29, 0.717) is 35.3 Å². The highest BCUT2D eigenvalue weighted by atomic mass is 35.5. The molecule has 0 N–H and O–H groups in total. The molecule has 0 unspecified atom stereocenters. The third-order valence-electron chi connectivity index (χ3n) is 4.73. The van der Waals surface area contributed by atoms with Crippen LogP contribution < -0.4 is 0 Å². The van der Waals surface area contributed by atoms with E-state index in [4.69, 9.17) is 27.9 Å². The van der Waals surface area contributed by atoms with Crippen molar-refractivity contribution in [3.8, 4) is 0 Å². The van der Waals surface area contributed by atoms with Crippen LogP contribution in [0.2, 0.25) is 10.0 Å². The third kappa shape index (κ3) is 5.63. The van der Waals surface area contributed by atoms with Gasteiger partial charge >= 0.3 is 0 Å². The van der Waals surface area contributed by atoms with Crippen molar-refractivity contribution in [2.45, 2.75) is 20.0 Å². The molecule has 1 heterocycles. The van der Waals surface area contributed by atoms with E-state index in [1.165, 1.54) is 11.1 Å². The summed E-state index contributed by atoms with van der Waals surface area (Å²) in [6.07, 6.45) is 2.04. The highest BCUT2D eigenvalue weighted by molar-refractivity contribution is 6.42. The largest absolute Gasteiger partial charge is 0.383 e. The number of benzene rings is 2. The Morgan fingerprint density at radius 2 is 1.90 bits per heavy atom. The molecule has 0 aliphatic carbocycles. The van der Waals surface area contributed by atoms with E-state index in [0.717, 1.165) is 12.2 Å². The van der Waals surface area contributed by atoms with Crippen molar-refractivity contribution in [2.24, 2.45) is 0 Å². The number of nitrogens with zero attached hydrogens (tertiary/aromatic N) is 2. The van der Waals surface area contributed by atoms with Crippen LogP contribution in [0.3, 0.4) is 0 Å². The van der Waals surface area contributed by atoms with Crippen LogP contribution >= 0.6 is 23.2 Å². The summed E-state index contributed by atoms with van der Waals surface area (Å²) >= 11 is 12.1. The smallest absolute Gasteiger partial charge is 0.254 e. The summed E-state index contributed by atoms with van der Waals surface area (Å²) < 4.78 is 7.37. The van der Waals surface area contributed by atoms with Gasteiger partial charge in [0.15, 0.2) is 0 Å². The van der Waals surface area contributed by atoms with Crippen LogP contribution in [0.4, 0.5) is 0 Å². The maximum absolute atomic E-state index is 13.1. The lowest BCUT2D eigenvalue weighted by Gasteiger charge is -2.24. The first kappa shape index (κ1) is 21.4. The van der Waals surface area contributed by atoms with Gasteiger partial charge in [0.1, 0.15) is 0 Å². The molecule has 29 heavy (non-hydrogen) atoms. The molecule has 1 amide bonds. The van der Waals surface area contributed by atoms with E-state index in [1.54, 1.807) is 30.2 Å². The van der Waals surface area contributed by atoms with Gasteiger partial charge in [0.05, 0.1) is 23.2 Å². The van der Waals surface area contributed by atoms with Gasteiger partial charge in [-0.2, -0.15) is 0 Å². The number of amides is 1. The molecule has 0 bridgehead atoms. The summed E-state index contributed by atoms with van der Waals surface area (Å²) in [6.45, 7) is 4.24. The lowest BCUT2D eigenvalue weighted by atomic mass is 10.1. The highest BCUT2D eigenvalue weighted by Gasteiger charge is 2.18. The number of methoxy groups -OCH3 is 1. The number of carbonyl (C=O) groups is 1. The highest BCUT2D eigenvalue weighted by Crippen LogP contribution is 2.24. The topological polar surface area (TPSA) is 34.5 Å². The molecule has 0 fully saturated rings. The second kappa shape index (κ2) is 9.97. The fraction of sp³-hybridized carbons (Fsp3) is 0.261. The summed E-state index contributed by atoms with van der Waals surface area (Å²) in [5.41, 5.74) is 4.01. The predicted molar refractivity (Wildman–Crippen MR) is 118 cm³/mol. The minimum absolute atomic E-state index is 0.107.